The van der Waals surface area contributed by atoms with Crippen molar-refractivity contribution in [2.24, 2.45) is 0 Å². The van der Waals surface area contributed by atoms with Crippen LogP contribution < -0.4 is 9.64 Å². The highest BCUT2D eigenvalue weighted by atomic mass is 16.5. The smallest absolute Gasteiger partial charge is 0.307 e. The molecule has 1 amide bonds. The van der Waals surface area contributed by atoms with E-state index < -0.39 is 6.10 Å². The van der Waals surface area contributed by atoms with Crippen LogP contribution >= 0.6 is 0 Å². The van der Waals surface area contributed by atoms with Gasteiger partial charge in [-0.25, -0.2) is 0 Å². The number of carbonyl (C=O) groups excluding carboxylic acids is 2. The van der Waals surface area contributed by atoms with Gasteiger partial charge in [0.25, 0.3) is 5.91 Å². The lowest BCUT2D eigenvalue weighted by Gasteiger charge is -2.32. The van der Waals surface area contributed by atoms with Gasteiger partial charge < -0.3 is 14.4 Å². The van der Waals surface area contributed by atoms with Crippen molar-refractivity contribution in [3.63, 3.8) is 0 Å². The number of carbonyl (C=O) groups is 2. The van der Waals surface area contributed by atoms with Crippen molar-refractivity contribution in [1.29, 1.82) is 0 Å². The van der Waals surface area contributed by atoms with E-state index in [9.17, 15) is 9.59 Å². The molecule has 1 aliphatic rings. The quantitative estimate of drug-likeness (QED) is 0.777. The number of anilines is 1. The number of nitrogens with zero attached hydrogens (tertiary/aromatic N) is 1. The highest BCUT2D eigenvalue weighted by Crippen LogP contribution is 2.33. The van der Waals surface area contributed by atoms with Gasteiger partial charge in [-0.15, -0.1) is 0 Å². The molecular formula is C14H17NO4. The maximum atomic E-state index is 12.1. The van der Waals surface area contributed by atoms with Gasteiger partial charge in [-0.3, -0.25) is 9.59 Å². The molecule has 0 unspecified atom stereocenters. The largest absolute Gasteiger partial charge is 0.479 e. The Bertz CT molecular complexity index is 486. The van der Waals surface area contributed by atoms with Gasteiger partial charge in [0, 0.05) is 6.54 Å². The van der Waals surface area contributed by atoms with Crippen LogP contribution in [0.1, 0.15) is 20.3 Å². The minimum absolute atomic E-state index is 0.136. The fourth-order valence-corrected chi connectivity index (χ4v) is 2.03. The van der Waals surface area contributed by atoms with Crippen LogP contribution in [0.25, 0.3) is 0 Å². The Hall–Kier alpha value is -2.04. The molecule has 0 bridgehead atoms. The van der Waals surface area contributed by atoms with E-state index in [-0.39, 0.29) is 18.3 Å². The van der Waals surface area contributed by atoms with Gasteiger partial charge in [0.05, 0.1) is 18.7 Å². The first-order valence-electron chi connectivity index (χ1n) is 6.36. The number of hydrogen-bond donors (Lipinski definition) is 0. The molecule has 0 radical (unpaired) electrons. The van der Waals surface area contributed by atoms with Gasteiger partial charge in [0.2, 0.25) is 0 Å². The van der Waals surface area contributed by atoms with Crippen LogP contribution in [0.15, 0.2) is 24.3 Å². The van der Waals surface area contributed by atoms with Gasteiger partial charge in [0.1, 0.15) is 5.75 Å². The van der Waals surface area contributed by atoms with E-state index in [1.165, 1.54) is 0 Å². The van der Waals surface area contributed by atoms with Crippen molar-refractivity contribution < 1.29 is 19.1 Å². The number of esters is 1. The zero-order valence-corrected chi connectivity index (χ0v) is 11.1. The summed E-state index contributed by atoms with van der Waals surface area (Å²) in [6.07, 6.45) is -0.349. The van der Waals surface area contributed by atoms with Crippen molar-refractivity contribution in [3.05, 3.63) is 24.3 Å². The second-order valence-electron chi connectivity index (χ2n) is 4.27. The molecule has 0 N–H and O–H groups in total. The van der Waals surface area contributed by atoms with Crippen LogP contribution in [0.5, 0.6) is 5.75 Å². The first kappa shape index (κ1) is 13.4. The highest BCUT2D eigenvalue weighted by molar-refractivity contribution is 6.00. The first-order valence-corrected chi connectivity index (χ1v) is 6.36. The molecule has 5 nitrogen and oxygen atoms in total. The lowest BCUT2D eigenvalue weighted by atomic mass is 10.2. The number of para-hydroxylation sites is 2. The number of amides is 1. The van der Waals surface area contributed by atoms with Gasteiger partial charge in [0.15, 0.2) is 6.10 Å². The molecule has 1 atom stereocenters. The Morgan fingerprint density at radius 1 is 1.42 bits per heavy atom. The molecule has 1 aromatic carbocycles. The normalized spacial score (nSPS) is 17.7. The second-order valence-corrected chi connectivity index (χ2v) is 4.27. The van der Waals surface area contributed by atoms with E-state index in [1.807, 2.05) is 24.3 Å². The molecule has 1 aliphatic heterocycles. The van der Waals surface area contributed by atoms with Crippen molar-refractivity contribution in [2.45, 2.75) is 26.4 Å². The van der Waals surface area contributed by atoms with Gasteiger partial charge >= 0.3 is 5.97 Å². The first-order chi connectivity index (χ1) is 9.13. The van der Waals surface area contributed by atoms with Crippen LogP contribution in [0.4, 0.5) is 5.69 Å². The summed E-state index contributed by atoms with van der Waals surface area (Å²) in [4.78, 5) is 25.1. The fourth-order valence-electron chi connectivity index (χ4n) is 2.03. The number of rotatable bonds is 4. The van der Waals surface area contributed by atoms with E-state index in [1.54, 1.807) is 18.7 Å². The molecule has 0 aliphatic carbocycles. The zero-order valence-electron chi connectivity index (χ0n) is 11.1. The minimum Gasteiger partial charge on any atom is -0.479 e. The average Bonchev–Trinajstić information content (AvgIpc) is 2.39. The summed E-state index contributed by atoms with van der Waals surface area (Å²) in [5, 5.41) is 0. The third-order valence-electron chi connectivity index (χ3n) is 2.92. The molecule has 19 heavy (non-hydrogen) atoms. The van der Waals surface area contributed by atoms with Gasteiger partial charge in [-0.2, -0.15) is 0 Å². The molecule has 0 saturated carbocycles. The van der Waals surface area contributed by atoms with E-state index in [0.717, 1.165) is 0 Å². The minimum atomic E-state index is -0.530. The Morgan fingerprint density at radius 3 is 2.89 bits per heavy atom. The van der Waals surface area contributed by atoms with Crippen molar-refractivity contribution >= 4 is 17.6 Å². The number of ether oxygens (including phenoxy) is 2. The van der Waals surface area contributed by atoms with Crippen molar-refractivity contribution in [1.82, 2.24) is 0 Å². The summed E-state index contributed by atoms with van der Waals surface area (Å²) in [7, 11) is 0. The van der Waals surface area contributed by atoms with E-state index in [2.05, 4.69) is 0 Å². The summed E-state index contributed by atoms with van der Waals surface area (Å²) in [6, 6.07) is 7.31. The topological polar surface area (TPSA) is 55.8 Å². The maximum Gasteiger partial charge on any atom is 0.307 e. The molecule has 0 spiro atoms. The molecule has 0 saturated heterocycles. The van der Waals surface area contributed by atoms with Gasteiger partial charge in [-0.05, 0) is 26.0 Å². The van der Waals surface area contributed by atoms with E-state index in [0.29, 0.717) is 24.6 Å². The molecular weight excluding hydrogens is 246 g/mol. The second kappa shape index (κ2) is 5.73. The fraction of sp³-hybridized carbons (Fsp3) is 0.429. The SMILES string of the molecule is CCOC(=O)CCN1C(=O)[C@H](C)Oc2ccccc21. The van der Waals surface area contributed by atoms with E-state index >= 15 is 0 Å². The summed E-state index contributed by atoms with van der Waals surface area (Å²) in [5.41, 5.74) is 0.704. The van der Waals surface area contributed by atoms with Crippen LogP contribution in [-0.4, -0.2) is 31.1 Å². The summed E-state index contributed by atoms with van der Waals surface area (Å²) in [5.74, 6) is 0.230. The number of fused-ring (bicyclic) bond motifs is 1. The zero-order chi connectivity index (χ0) is 13.8. The highest BCUT2D eigenvalue weighted by Gasteiger charge is 2.31. The van der Waals surface area contributed by atoms with Gasteiger partial charge in [-0.1, -0.05) is 12.1 Å². The lowest BCUT2D eigenvalue weighted by Crippen LogP contribution is -2.45. The van der Waals surface area contributed by atoms with Crippen LogP contribution in [0, 0.1) is 0 Å². The average molecular weight is 263 g/mol. The van der Waals surface area contributed by atoms with Crippen LogP contribution in [0.2, 0.25) is 0 Å². The van der Waals surface area contributed by atoms with Crippen molar-refractivity contribution in [3.8, 4) is 5.75 Å². The Balaban J connectivity index is 2.14. The van der Waals surface area contributed by atoms with Crippen molar-refractivity contribution in [2.75, 3.05) is 18.1 Å². The Labute approximate surface area is 112 Å². The lowest BCUT2D eigenvalue weighted by molar-refractivity contribution is -0.142. The molecule has 1 aromatic rings. The monoisotopic (exact) mass is 263 g/mol. The third kappa shape index (κ3) is 2.86. The third-order valence-corrected chi connectivity index (χ3v) is 2.92. The van der Waals surface area contributed by atoms with Crippen LogP contribution in [0.3, 0.4) is 0 Å². The maximum absolute atomic E-state index is 12.1. The summed E-state index contributed by atoms with van der Waals surface area (Å²) >= 11 is 0. The predicted molar refractivity (Wildman–Crippen MR) is 70.1 cm³/mol. The standard InChI is InChI=1S/C14H17NO4/c1-3-18-13(16)8-9-15-11-6-4-5-7-12(11)19-10(2)14(15)17/h4-7,10H,3,8-9H2,1-2H3/t10-/m0/s1. The molecule has 1 heterocycles. The molecule has 0 fully saturated rings. The molecule has 102 valence electrons. The Morgan fingerprint density at radius 2 is 2.16 bits per heavy atom. The number of benzene rings is 1. The predicted octanol–water partition coefficient (Wildman–Crippen LogP) is 1.75. The molecule has 5 heteroatoms. The summed E-state index contributed by atoms with van der Waals surface area (Å²) in [6.45, 7) is 4.12. The van der Waals surface area contributed by atoms with Crippen LogP contribution in [-0.2, 0) is 14.3 Å². The van der Waals surface area contributed by atoms with E-state index in [4.69, 9.17) is 9.47 Å². The Kier molecular flexibility index (Phi) is 4.04. The summed E-state index contributed by atoms with van der Waals surface area (Å²) < 4.78 is 10.4. The number of hydrogen-bond acceptors (Lipinski definition) is 4. The molecule has 2 rings (SSSR count). The molecule has 0 aromatic heterocycles.